The zero-order chi connectivity index (χ0) is 19.7. The van der Waals surface area contributed by atoms with E-state index in [1.165, 1.54) is 7.11 Å². The molecule has 2 unspecified atom stereocenters. The van der Waals surface area contributed by atoms with Crippen LogP contribution in [0.15, 0.2) is 11.6 Å². The van der Waals surface area contributed by atoms with Gasteiger partial charge in [0.1, 0.15) is 23.7 Å². The summed E-state index contributed by atoms with van der Waals surface area (Å²) in [5, 5.41) is 20.2. The SMILES string of the molecule is COc1c(C)c2c(c(O)c1CC=C(C)C1CCCCC1C(=O)O)C(=O)OC2. The average molecular weight is 374 g/mol. The van der Waals surface area contributed by atoms with Crippen LogP contribution in [0.25, 0.3) is 0 Å². The van der Waals surface area contributed by atoms with Gasteiger partial charge in [-0.05, 0) is 44.6 Å². The molecule has 146 valence electrons. The molecule has 27 heavy (non-hydrogen) atoms. The van der Waals surface area contributed by atoms with Crippen molar-refractivity contribution in [3.05, 3.63) is 33.9 Å². The number of methoxy groups -OCH3 is 1. The number of hydrogen-bond acceptors (Lipinski definition) is 5. The van der Waals surface area contributed by atoms with Crippen molar-refractivity contribution in [1.29, 1.82) is 0 Å². The second-order valence-electron chi connectivity index (χ2n) is 7.40. The van der Waals surface area contributed by atoms with Crippen molar-refractivity contribution in [2.45, 2.75) is 52.6 Å². The van der Waals surface area contributed by atoms with Crippen molar-refractivity contribution in [2.75, 3.05) is 7.11 Å². The monoisotopic (exact) mass is 374 g/mol. The first-order chi connectivity index (χ1) is 12.9. The van der Waals surface area contributed by atoms with Crippen LogP contribution >= 0.6 is 0 Å². The fourth-order valence-electron chi connectivity index (χ4n) is 4.41. The Hall–Kier alpha value is -2.50. The number of carbonyl (C=O) groups is 2. The number of ether oxygens (including phenoxy) is 2. The van der Waals surface area contributed by atoms with Gasteiger partial charge < -0.3 is 19.7 Å². The second kappa shape index (κ2) is 7.62. The molecular weight excluding hydrogens is 348 g/mol. The Morgan fingerprint density at radius 1 is 1.30 bits per heavy atom. The van der Waals surface area contributed by atoms with Crippen LogP contribution < -0.4 is 4.74 Å². The highest BCUT2D eigenvalue weighted by Gasteiger charge is 2.33. The zero-order valence-electron chi connectivity index (χ0n) is 16.0. The number of phenols is 1. The number of phenolic OH excluding ortho intramolecular Hbond substituents is 1. The van der Waals surface area contributed by atoms with Crippen molar-refractivity contribution < 1.29 is 29.3 Å². The van der Waals surface area contributed by atoms with Crippen LogP contribution in [0.4, 0.5) is 0 Å². The molecule has 0 saturated heterocycles. The number of benzene rings is 1. The van der Waals surface area contributed by atoms with Crippen molar-refractivity contribution in [1.82, 2.24) is 0 Å². The molecule has 2 N–H and O–H groups in total. The van der Waals surface area contributed by atoms with Gasteiger partial charge in [-0.25, -0.2) is 4.79 Å². The molecular formula is C21H26O6. The molecule has 1 aliphatic heterocycles. The first-order valence-corrected chi connectivity index (χ1v) is 9.34. The summed E-state index contributed by atoms with van der Waals surface area (Å²) in [5.41, 5.74) is 3.21. The highest BCUT2D eigenvalue weighted by molar-refractivity contribution is 5.98. The molecule has 6 heteroatoms. The second-order valence-corrected chi connectivity index (χ2v) is 7.40. The minimum atomic E-state index is -0.746. The fraction of sp³-hybridized carbons (Fsp3) is 0.524. The van der Waals surface area contributed by atoms with E-state index in [1.54, 1.807) is 0 Å². The number of hydrogen-bond donors (Lipinski definition) is 2. The molecule has 1 aliphatic carbocycles. The van der Waals surface area contributed by atoms with Crippen LogP contribution in [0.5, 0.6) is 11.5 Å². The molecule has 2 aliphatic rings. The van der Waals surface area contributed by atoms with Gasteiger partial charge in [0.2, 0.25) is 0 Å². The summed E-state index contributed by atoms with van der Waals surface area (Å²) < 4.78 is 10.6. The maximum absolute atomic E-state index is 12.0. The first kappa shape index (κ1) is 19.3. The number of aliphatic carboxylic acids is 1. The third-order valence-corrected chi connectivity index (χ3v) is 5.94. The number of carboxylic acids is 1. The Morgan fingerprint density at radius 2 is 1.96 bits per heavy atom. The third kappa shape index (κ3) is 3.40. The molecule has 3 rings (SSSR count). The van der Waals surface area contributed by atoms with Crippen LogP contribution in [0.1, 0.15) is 59.7 Å². The van der Waals surface area contributed by atoms with Crippen molar-refractivity contribution in [2.24, 2.45) is 11.8 Å². The fourth-order valence-corrected chi connectivity index (χ4v) is 4.41. The van der Waals surface area contributed by atoms with Crippen LogP contribution in [0.2, 0.25) is 0 Å². The molecule has 1 saturated carbocycles. The molecule has 6 nitrogen and oxygen atoms in total. The van der Waals surface area contributed by atoms with Gasteiger partial charge in [0.15, 0.2) is 0 Å². The Bertz CT molecular complexity index is 808. The topological polar surface area (TPSA) is 93.1 Å². The van der Waals surface area contributed by atoms with Crippen LogP contribution in [0, 0.1) is 18.8 Å². The van der Waals surface area contributed by atoms with Gasteiger partial charge in [-0.2, -0.15) is 0 Å². The van der Waals surface area contributed by atoms with E-state index in [4.69, 9.17) is 9.47 Å². The Balaban J connectivity index is 1.94. The quantitative estimate of drug-likeness (QED) is 0.602. The summed E-state index contributed by atoms with van der Waals surface area (Å²) in [4.78, 5) is 23.6. The number of esters is 1. The van der Waals surface area contributed by atoms with Gasteiger partial charge in [0.25, 0.3) is 0 Å². The van der Waals surface area contributed by atoms with Gasteiger partial charge >= 0.3 is 11.9 Å². The summed E-state index contributed by atoms with van der Waals surface area (Å²) in [5.74, 6) is -1.17. The van der Waals surface area contributed by atoms with Gasteiger partial charge in [0.05, 0.1) is 13.0 Å². The molecule has 1 aromatic carbocycles. The van der Waals surface area contributed by atoms with Gasteiger partial charge in [0, 0.05) is 11.1 Å². The van der Waals surface area contributed by atoms with E-state index in [2.05, 4.69) is 0 Å². The smallest absolute Gasteiger partial charge is 0.342 e. The molecule has 0 spiro atoms. The third-order valence-electron chi connectivity index (χ3n) is 5.94. The molecule has 0 radical (unpaired) electrons. The van der Waals surface area contributed by atoms with Crippen LogP contribution in [-0.2, 0) is 22.6 Å². The summed E-state index contributed by atoms with van der Waals surface area (Å²) >= 11 is 0. The summed E-state index contributed by atoms with van der Waals surface area (Å²) in [7, 11) is 1.54. The van der Waals surface area contributed by atoms with Crippen molar-refractivity contribution in [3.63, 3.8) is 0 Å². The molecule has 1 fully saturated rings. The lowest BCUT2D eigenvalue weighted by Crippen LogP contribution is -2.27. The average Bonchev–Trinajstić information content (AvgIpc) is 3.05. The standard InChI is InChI=1S/C21H26O6/c1-11(13-6-4-5-7-14(13)20(23)24)8-9-15-18(22)17-16(10-27-21(17)25)12(2)19(15)26-3/h8,13-14,22H,4-7,9-10H2,1-3H3,(H,23,24). The van der Waals surface area contributed by atoms with Crippen molar-refractivity contribution >= 4 is 11.9 Å². The predicted molar refractivity (Wildman–Crippen MR) is 99.1 cm³/mol. The number of fused-ring (bicyclic) bond motifs is 1. The Labute approximate surface area is 158 Å². The number of rotatable bonds is 5. The van der Waals surface area contributed by atoms with Crippen LogP contribution in [0.3, 0.4) is 0 Å². The maximum atomic E-state index is 12.0. The van der Waals surface area contributed by atoms with E-state index in [1.807, 2.05) is 19.9 Å². The van der Waals surface area contributed by atoms with Gasteiger partial charge in [-0.1, -0.05) is 24.5 Å². The molecule has 0 bridgehead atoms. The van der Waals surface area contributed by atoms with E-state index in [0.717, 1.165) is 30.4 Å². The summed E-state index contributed by atoms with van der Waals surface area (Å²) in [6, 6.07) is 0. The number of aromatic hydroxyl groups is 1. The molecule has 1 heterocycles. The van der Waals surface area contributed by atoms with E-state index in [0.29, 0.717) is 29.7 Å². The predicted octanol–water partition coefficient (Wildman–Crippen LogP) is 3.76. The normalized spacial score (nSPS) is 22.3. The van der Waals surface area contributed by atoms with E-state index in [9.17, 15) is 19.8 Å². The minimum Gasteiger partial charge on any atom is -0.507 e. The number of cyclic esters (lactones) is 1. The lowest BCUT2D eigenvalue weighted by Gasteiger charge is -2.29. The highest BCUT2D eigenvalue weighted by Crippen LogP contribution is 2.42. The van der Waals surface area contributed by atoms with E-state index < -0.39 is 11.9 Å². The molecule has 2 atom stereocenters. The number of carbonyl (C=O) groups excluding carboxylic acids is 1. The highest BCUT2D eigenvalue weighted by atomic mass is 16.5. The number of allylic oxidation sites excluding steroid dienone is 2. The lowest BCUT2D eigenvalue weighted by molar-refractivity contribution is -0.144. The molecule has 0 aromatic heterocycles. The van der Waals surface area contributed by atoms with Crippen molar-refractivity contribution in [3.8, 4) is 11.5 Å². The van der Waals surface area contributed by atoms with Gasteiger partial charge in [-0.3, -0.25) is 4.79 Å². The lowest BCUT2D eigenvalue weighted by atomic mass is 9.75. The summed E-state index contributed by atoms with van der Waals surface area (Å²) in [6.45, 7) is 3.94. The Kier molecular flexibility index (Phi) is 5.44. The maximum Gasteiger partial charge on any atom is 0.342 e. The molecule has 0 amide bonds. The van der Waals surface area contributed by atoms with E-state index in [-0.39, 0.29) is 29.8 Å². The molecule has 1 aromatic rings. The van der Waals surface area contributed by atoms with Crippen LogP contribution in [-0.4, -0.2) is 29.3 Å². The Morgan fingerprint density at radius 3 is 2.59 bits per heavy atom. The zero-order valence-corrected chi connectivity index (χ0v) is 16.0. The largest absolute Gasteiger partial charge is 0.507 e. The first-order valence-electron chi connectivity index (χ1n) is 9.34. The van der Waals surface area contributed by atoms with Gasteiger partial charge in [-0.15, -0.1) is 0 Å². The van der Waals surface area contributed by atoms with E-state index >= 15 is 0 Å². The minimum absolute atomic E-state index is 0.00452. The summed E-state index contributed by atoms with van der Waals surface area (Å²) in [6.07, 6.45) is 5.85. The number of carboxylic acid groups (broad SMARTS) is 1.